The Kier molecular flexibility index (Phi) is 6.35. The van der Waals surface area contributed by atoms with E-state index >= 15 is 0 Å². The van der Waals surface area contributed by atoms with Crippen LogP contribution in [0.4, 0.5) is 14.6 Å². The molecule has 0 atom stereocenters. The van der Waals surface area contributed by atoms with Gasteiger partial charge in [0, 0.05) is 38.1 Å². The van der Waals surface area contributed by atoms with Crippen LogP contribution < -0.4 is 0 Å². The topological polar surface area (TPSA) is 61.6 Å². The Hall–Kier alpha value is -3.42. The van der Waals surface area contributed by atoms with Gasteiger partial charge in [0.25, 0.3) is 12.2 Å². The minimum absolute atomic E-state index is 0.243. The van der Waals surface area contributed by atoms with Crippen molar-refractivity contribution in [2.45, 2.75) is 38.8 Å². The predicted molar refractivity (Wildman–Crippen MR) is 125 cm³/mol. The number of nitrogens with zero attached hydrogens (tertiary/aromatic N) is 6. The second-order valence-electron chi connectivity index (χ2n) is 8.90. The minimum atomic E-state index is -2.68. The molecule has 0 saturated carbocycles. The molecule has 0 unspecified atom stereocenters. The molecule has 4 aromatic rings. The molecule has 0 saturated heterocycles. The fourth-order valence-electron chi connectivity index (χ4n) is 3.34. The van der Waals surface area contributed by atoms with Gasteiger partial charge < -0.3 is 9.58 Å². The Morgan fingerprint density at radius 3 is 2.70 bits per heavy atom. The molecule has 0 amide bonds. The van der Waals surface area contributed by atoms with E-state index in [1.807, 2.05) is 12.3 Å². The molecule has 0 aliphatic carbocycles. The highest BCUT2D eigenvalue weighted by Gasteiger charge is 2.19. The van der Waals surface area contributed by atoms with Crippen molar-refractivity contribution in [2.75, 3.05) is 6.61 Å². The van der Waals surface area contributed by atoms with Gasteiger partial charge in [0.15, 0.2) is 0 Å². The standard InChI is InChI=1S/C23H24F2N6OSi/c1-26-21-12-27-20-9-8-16(13-31(20)21)17-14-30(15-32-10-11-33(2,3)4)29-22(17)18-6-5-7-19(28-18)23(24)25/h5-9,12-14,23H,10-11,15H2,2-4H3. The minimum Gasteiger partial charge on any atom is -0.362 e. The fourth-order valence-corrected chi connectivity index (χ4v) is 4.10. The number of imidazole rings is 1. The molecule has 10 heteroatoms. The lowest BCUT2D eigenvalue weighted by Gasteiger charge is -2.15. The van der Waals surface area contributed by atoms with Crippen molar-refractivity contribution in [1.29, 1.82) is 0 Å². The highest BCUT2D eigenvalue weighted by Crippen LogP contribution is 2.32. The highest BCUT2D eigenvalue weighted by atomic mass is 28.3. The number of hydrogen-bond acceptors (Lipinski definition) is 4. The van der Waals surface area contributed by atoms with Gasteiger partial charge in [-0.1, -0.05) is 32.3 Å². The zero-order valence-electron chi connectivity index (χ0n) is 18.7. The molecule has 4 aromatic heterocycles. The van der Waals surface area contributed by atoms with Crippen LogP contribution in [0.5, 0.6) is 0 Å². The van der Waals surface area contributed by atoms with Gasteiger partial charge in [-0.25, -0.2) is 27.8 Å². The molecule has 4 heterocycles. The molecule has 0 aliphatic rings. The van der Waals surface area contributed by atoms with Crippen molar-refractivity contribution in [3.8, 4) is 22.5 Å². The number of alkyl halides is 2. The van der Waals surface area contributed by atoms with E-state index in [9.17, 15) is 8.78 Å². The summed E-state index contributed by atoms with van der Waals surface area (Å²) in [6, 6.07) is 9.21. The summed E-state index contributed by atoms with van der Waals surface area (Å²) >= 11 is 0. The van der Waals surface area contributed by atoms with Crippen molar-refractivity contribution in [1.82, 2.24) is 24.1 Å². The van der Waals surface area contributed by atoms with Crippen LogP contribution in [0.1, 0.15) is 12.1 Å². The number of ether oxygens (including phenoxy) is 1. The molecule has 0 aliphatic heterocycles. The van der Waals surface area contributed by atoms with Crippen LogP contribution in [0.3, 0.4) is 0 Å². The highest BCUT2D eigenvalue weighted by molar-refractivity contribution is 6.76. The second kappa shape index (κ2) is 9.21. The van der Waals surface area contributed by atoms with E-state index < -0.39 is 14.5 Å². The van der Waals surface area contributed by atoms with Gasteiger partial charge in [-0.3, -0.25) is 0 Å². The van der Waals surface area contributed by atoms with Gasteiger partial charge in [0.05, 0.1) is 18.1 Å². The van der Waals surface area contributed by atoms with Crippen LogP contribution in [-0.4, -0.2) is 38.8 Å². The smallest absolute Gasteiger partial charge is 0.280 e. The number of pyridine rings is 2. The number of fused-ring (bicyclic) bond motifs is 1. The van der Waals surface area contributed by atoms with Gasteiger partial charge in [0.1, 0.15) is 18.1 Å². The predicted octanol–water partition coefficient (Wildman–Crippen LogP) is 6.06. The first-order valence-corrected chi connectivity index (χ1v) is 14.2. The van der Waals surface area contributed by atoms with E-state index in [0.717, 1.165) is 11.6 Å². The normalized spacial score (nSPS) is 11.9. The Labute approximate surface area is 191 Å². The van der Waals surface area contributed by atoms with E-state index in [1.165, 1.54) is 12.3 Å². The largest absolute Gasteiger partial charge is 0.362 e. The Balaban J connectivity index is 1.74. The summed E-state index contributed by atoms with van der Waals surface area (Å²) in [4.78, 5) is 11.9. The van der Waals surface area contributed by atoms with Gasteiger partial charge in [-0.05, 0) is 24.2 Å². The van der Waals surface area contributed by atoms with E-state index in [0.29, 0.717) is 35.0 Å². The number of halogens is 2. The summed E-state index contributed by atoms with van der Waals surface area (Å²) in [7, 11) is -1.22. The van der Waals surface area contributed by atoms with Crippen LogP contribution in [0.25, 0.3) is 33.0 Å². The van der Waals surface area contributed by atoms with Crippen LogP contribution in [0, 0.1) is 6.57 Å². The maximum absolute atomic E-state index is 13.3. The Morgan fingerprint density at radius 1 is 1.15 bits per heavy atom. The van der Waals surface area contributed by atoms with Gasteiger partial charge in [-0.2, -0.15) is 5.10 Å². The number of hydrogen-bond donors (Lipinski definition) is 0. The third kappa shape index (κ3) is 5.15. The molecule has 170 valence electrons. The molecule has 0 N–H and O–H groups in total. The molecule has 4 rings (SSSR count). The molecule has 0 radical (unpaired) electrons. The zero-order valence-corrected chi connectivity index (χ0v) is 19.7. The van der Waals surface area contributed by atoms with Crippen LogP contribution in [-0.2, 0) is 11.5 Å². The maximum Gasteiger partial charge on any atom is 0.280 e. The van der Waals surface area contributed by atoms with Crippen molar-refractivity contribution >= 4 is 19.5 Å². The fraction of sp³-hybridized carbons (Fsp3) is 0.304. The van der Waals surface area contributed by atoms with Crippen LogP contribution >= 0.6 is 0 Å². The van der Waals surface area contributed by atoms with Gasteiger partial charge in [-0.15, -0.1) is 0 Å². The maximum atomic E-state index is 13.3. The summed E-state index contributed by atoms with van der Waals surface area (Å²) < 4.78 is 35.7. The summed E-state index contributed by atoms with van der Waals surface area (Å²) in [6.45, 7) is 15.1. The van der Waals surface area contributed by atoms with Crippen molar-refractivity contribution < 1.29 is 13.5 Å². The molecule has 33 heavy (non-hydrogen) atoms. The zero-order chi connectivity index (χ0) is 23.6. The molecular formula is C23H24F2N6OSi. The molecular weight excluding hydrogens is 442 g/mol. The molecule has 0 aromatic carbocycles. The molecule has 0 bridgehead atoms. The number of rotatable bonds is 8. The van der Waals surface area contributed by atoms with E-state index in [-0.39, 0.29) is 12.4 Å². The molecule has 7 nitrogen and oxygen atoms in total. The summed E-state index contributed by atoms with van der Waals surface area (Å²) in [5.41, 5.74) is 2.62. The van der Waals surface area contributed by atoms with Gasteiger partial charge in [0.2, 0.25) is 5.65 Å². The van der Waals surface area contributed by atoms with Crippen LogP contribution in [0.2, 0.25) is 25.7 Å². The van der Waals surface area contributed by atoms with Crippen molar-refractivity contribution in [3.63, 3.8) is 0 Å². The summed E-state index contributed by atoms with van der Waals surface area (Å²) in [6.07, 6.45) is 2.44. The van der Waals surface area contributed by atoms with Gasteiger partial charge >= 0.3 is 0 Å². The third-order valence-corrected chi connectivity index (χ3v) is 6.83. The number of aromatic nitrogens is 5. The van der Waals surface area contributed by atoms with Crippen molar-refractivity contribution in [2.24, 2.45) is 0 Å². The molecule has 0 fully saturated rings. The second-order valence-corrected chi connectivity index (χ2v) is 14.5. The van der Waals surface area contributed by atoms with E-state index in [4.69, 9.17) is 11.3 Å². The summed E-state index contributed by atoms with van der Waals surface area (Å²) in [5.74, 6) is 0.383. The third-order valence-electron chi connectivity index (χ3n) is 5.13. The lowest BCUT2D eigenvalue weighted by atomic mass is 10.1. The Morgan fingerprint density at radius 2 is 1.97 bits per heavy atom. The van der Waals surface area contributed by atoms with E-state index in [2.05, 4.69) is 39.6 Å². The quantitative estimate of drug-likeness (QED) is 0.180. The lowest BCUT2D eigenvalue weighted by Crippen LogP contribution is -2.22. The first-order chi connectivity index (χ1) is 15.7. The average molecular weight is 467 g/mol. The lowest BCUT2D eigenvalue weighted by molar-refractivity contribution is 0.0787. The Bertz CT molecular complexity index is 1320. The average Bonchev–Trinajstić information content (AvgIpc) is 3.39. The monoisotopic (exact) mass is 466 g/mol. The van der Waals surface area contributed by atoms with Crippen LogP contribution in [0.15, 0.2) is 48.9 Å². The summed E-state index contributed by atoms with van der Waals surface area (Å²) in [5, 5.41) is 4.61. The van der Waals surface area contributed by atoms with E-state index in [1.54, 1.807) is 33.5 Å². The molecule has 0 spiro atoms. The first kappa shape index (κ1) is 22.8. The first-order valence-electron chi connectivity index (χ1n) is 10.5. The SMILES string of the molecule is [C-]#[N+]c1cnc2ccc(-c3cn(COCC[Si](C)(C)C)nc3-c3cccc(C(F)F)n3)cn12. The van der Waals surface area contributed by atoms with Crippen molar-refractivity contribution in [3.05, 3.63) is 66.0 Å².